The van der Waals surface area contributed by atoms with Gasteiger partial charge in [0.15, 0.2) is 11.5 Å². The van der Waals surface area contributed by atoms with Crippen molar-refractivity contribution >= 4 is 50.6 Å². The first-order valence-electron chi connectivity index (χ1n) is 8.44. The second-order valence-electron chi connectivity index (χ2n) is 5.97. The Hall–Kier alpha value is -2.85. The molecule has 150 valence electrons. The number of imide groups is 1. The monoisotopic (exact) mass is 478 g/mol. The highest BCUT2D eigenvalue weighted by molar-refractivity contribution is 9.10. The minimum absolute atomic E-state index is 0.0173. The van der Waals surface area contributed by atoms with E-state index < -0.39 is 16.1 Å². The molecule has 2 aromatic carbocycles. The molecule has 2 aromatic rings. The molecule has 1 heterocycles. The van der Waals surface area contributed by atoms with Crippen LogP contribution in [0.4, 0.5) is 10.5 Å². The summed E-state index contributed by atoms with van der Waals surface area (Å²) >= 11 is 4.04. The number of nitrogens with zero attached hydrogens (tertiary/aromatic N) is 2. The van der Waals surface area contributed by atoms with E-state index in [0.717, 1.165) is 16.7 Å². The van der Waals surface area contributed by atoms with Gasteiger partial charge in [-0.25, -0.2) is 0 Å². The largest absolute Gasteiger partial charge is 0.503 e. The zero-order valence-electron chi connectivity index (χ0n) is 15.1. The quantitative estimate of drug-likeness (QED) is 0.363. The number of nitro benzene ring substituents is 1. The Morgan fingerprint density at radius 1 is 1.28 bits per heavy atom. The van der Waals surface area contributed by atoms with Crippen molar-refractivity contribution in [1.82, 2.24) is 4.90 Å². The molecule has 0 unspecified atom stereocenters. The van der Waals surface area contributed by atoms with Gasteiger partial charge in [-0.05, 0) is 64.0 Å². The van der Waals surface area contributed by atoms with Crippen LogP contribution in [0.15, 0.2) is 45.8 Å². The lowest BCUT2D eigenvalue weighted by Crippen LogP contribution is -2.27. The molecule has 0 spiro atoms. The molecule has 1 aliphatic heterocycles. The van der Waals surface area contributed by atoms with E-state index in [1.807, 2.05) is 0 Å². The maximum Gasteiger partial charge on any atom is 0.293 e. The topological polar surface area (TPSA) is 110 Å². The Morgan fingerprint density at radius 3 is 2.59 bits per heavy atom. The van der Waals surface area contributed by atoms with E-state index in [2.05, 4.69) is 15.9 Å². The second-order valence-corrected chi connectivity index (χ2v) is 7.82. The zero-order valence-corrected chi connectivity index (χ0v) is 17.5. The SMILES string of the molecule is CCOc1cc(C=C2SC(=O)N(Cc3ccc([N+](=O)[O-])cc3)C2=O)cc(Br)c1O. The first-order chi connectivity index (χ1) is 13.8. The molecule has 29 heavy (non-hydrogen) atoms. The van der Waals surface area contributed by atoms with Gasteiger partial charge in [-0.1, -0.05) is 12.1 Å². The van der Waals surface area contributed by atoms with Crippen LogP contribution in [0, 0.1) is 10.1 Å². The number of ether oxygens (including phenoxy) is 1. The van der Waals surface area contributed by atoms with Crippen LogP contribution in [0.25, 0.3) is 6.08 Å². The van der Waals surface area contributed by atoms with Gasteiger partial charge in [0.05, 0.1) is 27.5 Å². The van der Waals surface area contributed by atoms with E-state index in [1.54, 1.807) is 25.1 Å². The lowest BCUT2D eigenvalue weighted by molar-refractivity contribution is -0.384. The summed E-state index contributed by atoms with van der Waals surface area (Å²) in [5, 5.41) is 20.3. The number of rotatable bonds is 6. The van der Waals surface area contributed by atoms with E-state index in [4.69, 9.17) is 4.74 Å². The number of aromatic hydroxyl groups is 1. The van der Waals surface area contributed by atoms with Gasteiger partial charge in [-0.3, -0.25) is 24.6 Å². The van der Waals surface area contributed by atoms with Crippen molar-refractivity contribution < 1.29 is 24.4 Å². The number of phenolic OH excluding ortho intramolecular Hbond substituents is 1. The lowest BCUT2D eigenvalue weighted by atomic mass is 10.1. The Kier molecular flexibility index (Phi) is 6.23. The normalized spacial score (nSPS) is 15.2. The predicted molar refractivity (Wildman–Crippen MR) is 112 cm³/mol. The number of carbonyl (C=O) groups excluding carboxylic acids is 2. The third kappa shape index (κ3) is 4.60. The third-order valence-electron chi connectivity index (χ3n) is 4.01. The molecule has 0 radical (unpaired) electrons. The Labute approximate surface area is 178 Å². The fourth-order valence-corrected chi connectivity index (χ4v) is 3.93. The van der Waals surface area contributed by atoms with E-state index in [0.29, 0.717) is 22.2 Å². The van der Waals surface area contributed by atoms with Crippen LogP contribution < -0.4 is 4.74 Å². The number of amides is 2. The number of hydrogen-bond acceptors (Lipinski definition) is 7. The molecule has 0 aliphatic carbocycles. The van der Waals surface area contributed by atoms with Crippen molar-refractivity contribution in [3.05, 3.63) is 67.0 Å². The van der Waals surface area contributed by atoms with Crippen LogP contribution in [-0.4, -0.2) is 32.7 Å². The summed E-state index contributed by atoms with van der Waals surface area (Å²) in [5.41, 5.74) is 1.12. The molecule has 0 bridgehead atoms. The van der Waals surface area contributed by atoms with E-state index in [-0.39, 0.29) is 28.6 Å². The summed E-state index contributed by atoms with van der Waals surface area (Å²) in [6.45, 7) is 2.16. The molecular weight excluding hydrogens is 464 g/mol. The highest BCUT2D eigenvalue weighted by Gasteiger charge is 2.35. The molecule has 0 aromatic heterocycles. The van der Waals surface area contributed by atoms with Crippen LogP contribution in [0.2, 0.25) is 0 Å². The molecule has 0 atom stereocenters. The fraction of sp³-hybridized carbons (Fsp3) is 0.158. The molecule has 0 saturated carbocycles. The number of hydrogen-bond donors (Lipinski definition) is 1. The average molecular weight is 479 g/mol. The number of carbonyl (C=O) groups is 2. The number of non-ortho nitro benzene ring substituents is 1. The first-order valence-corrected chi connectivity index (χ1v) is 10.0. The molecule has 3 rings (SSSR count). The second kappa shape index (κ2) is 8.66. The standard InChI is InChI=1S/C19H15BrN2O6S/c1-2-28-15-8-12(7-14(20)17(15)23)9-16-18(24)21(19(25)29-16)10-11-3-5-13(6-4-11)22(26)27/h3-9,23H,2,10H2,1H3. The predicted octanol–water partition coefficient (Wildman–Crippen LogP) is 4.70. The summed E-state index contributed by atoms with van der Waals surface area (Å²) in [6, 6.07) is 8.87. The number of halogens is 1. The summed E-state index contributed by atoms with van der Waals surface area (Å²) < 4.78 is 5.77. The van der Waals surface area contributed by atoms with Crippen LogP contribution in [-0.2, 0) is 11.3 Å². The third-order valence-corrected chi connectivity index (χ3v) is 5.52. The van der Waals surface area contributed by atoms with Gasteiger partial charge in [-0.2, -0.15) is 0 Å². The lowest BCUT2D eigenvalue weighted by Gasteiger charge is -2.12. The summed E-state index contributed by atoms with van der Waals surface area (Å²) in [4.78, 5) is 36.5. The van der Waals surface area contributed by atoms with Crippen molar-refractivity contribution in [3.63, 3.8) is 0 Å². The highest BCUT2D eigenvalue weighted by atomic mass is 79.9. The fourth-order valence-electron chi connectivity index (χ4n) is 2.64. The van der Waals surface area contributed by atoms with Crippen molar-refractivity contribution in [2.75, 3.05) is 6.61 Å². The summed E-state index contributed by atoms with van der Waals surface area (Å²) in [7, 11) is 0. The van der Waals surface area contributed by atoms with Crippen LogP contribution in [0.1, 0.15) is 18.1 Å². The van der Waals surface area contributed by atoms with E-state index >= 15 is 0 Å². The average Bonchev–Trinajstić information content (AvgIpc) is 2.93. The molecule has 1 aliphatic rings. The Balaban J connectivity index is 1.82. The minimum atomic E-state index is -0.515. The van der Waals surface area contributed by atoms with Gasteiger partial charge in [-0.15, -0.1) is 0 Å². The summed E-state index contributed by atoms with van der Waals surface area (Å²) in [5.74, 6) is -0.242. The number of nitro groups is 1. The molecular formula is C19H15BrN2O6S. The Morgan fingerprint density at radius 2 is 1.97 bits per heavy atom. The number of benzene rings is 2. The number of thioether (sulfide) groups is 1. The van der Waals surface area contributed by atoms with E-state index in [1.165, 1.54) is 24.3 Å². The zero-order chi connectivity index (χ0) is 21.1. The van der Waals surface area contributed by atoms with Crippen molar-refractivity contribution in [3.8, 4) is 11.5 Å². The van der Waals surface area contributed by atoms with Gasteiger partial charge in [0.25, 0.3) is 16.8 Å². The number of phenols is 1. The molecule has 1 fully saturated rings. The molecule has 10 heteroatoms. The van der Waals surface area contributed by atoms with Crippen molar-refractivity contribution in [1.29, 1.82) is 0 Å². The van der Waals surface area contributed by atoms with Crippen LogP contribution in [0.3, 0.4) is 0 Å². The Bertz CT molecular complexity index is 1020. The van der Waals surface area contributed by atoms with Gasteiger partial charge in [0.1, 0.15) is 0 Å². The molecule has 8 nitrogen and oxygen atoms in total. The van der Waals surface area contributed by atoms with Gasteiger partial charge in [0.2, 0.25) is 0 Å². The van der Waals surface area contributed by atoms with Crippen molar-refractivity contribution in [2.24, 2.45) is 0 Å². The van der Waals surface area contributed by atoms with Gasteiger partial charge < -0.3 is 9.84 Å². The van der Waals surface area contributed by atoms with E-state index in [9.17, 15) is 24.8 Å². The maximum absolute atomic E-state index is 12.7. The molecule has 1 saturated heterocycles. The molecule has 1 N–H and O–H groups in total. The summed E-state index contributed by atoms with van der Waals surface area (Å²) in [6.07, 6.45) is 1.55. The highest BCUT2D eigenvalue weighted by Crippen LogP contribution is 2.38. The minimum Gasteiger partial charge on any atom is -0.503 e. The smallest absolute Gasteiger partial charge is 0.293 e. The van der Waals surface area contributed by atoms with Crippen LogP contribution in [0.5, 0.6) is 11.5 Å². The molecule has 2 amide bonds. The van der Waals surface area contributed by atoms with Crippen molar-refractivity contribution in [2.45, 2.75) is 13.5 Å². The van der Waals surface area contributed by atoms with Gasteiger partial charge in [0, 0.05) is 12.1 Å². The first kappa shape index (κ1) is 20.9. The van der Waals surface area contributed by atoms with Crippen LogP contribution >= 0.6 is 27.7 Å². The van der Waals surface area contributed by atoms with Gasteiger partial charge >= 0.3 is 0 Å². The maximum atomic E-state index is 12.7.